The topological polar surface area (TPSA) is 86.6 Å². The number of aliphatic hydroxyl groups is 1. The van der Waals surface area contributed by atoms with Crippen molar-refractivity contribution < 1.29 is 19.8 Å². The first-order chi connectivity index (χ1) is 8.99. The molecular formula is C14H19NO4. The molecule has 2 atom stereocenters. The van der Waals surface area contributed by atoms with Crippen molar-refractivity contribution in [1.29, 1.82) is 0 Å². The molecule has 0 fully saturated rings. The van der Waals surface area contributed by atoms with Crippen LogP contribution in [0.4, 0.5) is 0 Å². The molecule has 1 rings (SSSR count). The lowest BCUT2D eigenvalue weighted by Gasteiger charge is -2.20. The monoisotopic (exact) mass is 265 g/mol. The SMILES string of the molecule is CCC(C)C(NC(=O)c1ccc(CO)cc1)C(=O)O. The van der Waals surface area contributed by atoms with E-state index in [1.165, 1.54) is 0 Å². The van der Waals surface area contributed by atoms with Crippen molar-refractivity contribution in [1.82, 2.24) is 5.32 Å². The molecule has 5 heteroatoms. The summed E-state index contributed by atoms with van der Waals surface area (Å²) in [6, 6.07) is 5.50. The van der Waals surface area contributed by atoms with E-state index in [1.807, 2.05) is 6.92 Å². The minimum Gasteiger partial charge on any atom is -0.480 e. The maximum absolute atomic E-state index is 11.9. The number of carboxylic acids is 1. The Morgan fingerprint density at radius 3 is 2.26 bits per heavy atom. The van der Waals surface area contributed by atoms with E-state index in [1.54, 1.807) is 31.2 Å². The summed E-state index contributed by atoms with van der Waals surface area (Å²) in [5.74, 6) is -1.59. The summed E-state index contributed by atoms with van der Waals surface area (Å²) in [5.41, 5.74) is 1.08. The quantitative estimate of drug-likeness (QED) is 0.725. The van der Waals surface area contributed by atoms with Crippen molar-refractivity contribution in [3.05, 3.63) is 35.4 Å². The van der Waals surface area contributed by atoms with E-state index < -0.39 is 17.9 Å². The van der Waals surface area contributed by atoms with Crippen LogP contribution in [0.1, 0.15) is 36.2 Å². The van der Waals surface area contributed by atoms with Crippen LogP contribution in [-0.4, -0.2) is 28.1 Å². The lowest BCUT2D eigenvalue weighted by molar-refractivity contribution is -0.140. The van der Waals surface area contributed by atoms with Gasteiger partial charge in [0.1, 0.15) is 6.04 Å². The van der Waals surface area contributed by atoms with E-state index in [0.29, 0.717) is 17.5 Å². The molecule has 0 aliphatic heterocycles. The van der Waals surface area contributed by atoms with E-state index in [-0.39, 0.29) is 12.5 Å². The zero-order valence-corrected chi connectivity index (χ0v) is 11.1. The standard InChI is InChI=1S/C14H19NO4/c1-3-9(2)12(14(18)19)15-13(17)11-6-4-10(8-16)5-7-11/h4-7,9,12,16H,3,8H2,1-2H3,(H,15,17)(H,18,19). The Kier molecular flexibility index (Phi) is 5.51. The fourth-order valence-corrected chi connectivity index (χ4v) is 1.67. The van der Waals surface area contributed by atoms with Crippen LogP contribution in [-0.2, 0) is 11.4 Å². The normalized spacial score (nSPS) is 13.6. The molecule has 0 aliphatic carbocycles. The molecule has 0 bridgehead atoms. The first-order valence-corrected chi connectivity index (χ1v) is 6.23. The highest BCUT2D eigenvalue weighted by atomic mass is 16.4. The number of carbonyl (C=O) groups is 2. The van der Waals surface area contributed by atoms with E-state index >= 15 is 0 Å². The molecule has 0 radical (unpaired) electrons. The molecule has 0 aromatic heterocycles. The Labute approximate surface area is 112 Å². The van der Waals surface area contributed by atoms with Crippen LogP contribution in [0.25, 0.3) is 0 Å². The summed E-state index contributed by atoms with van der Waals surface area (Å²) in [6.45, 7) is 3.57. The molecule has 104 valence electrons. The number of rotatable bonds is 6. The third kappa shape index (κ3) is 4.06. The molecule has 0 heterocycles. The number of carbonyl (C=O) groups excluding carboxylic acids is 1. The molecule has 2 unspecified atom stereocenters. The van der Waals surface area contributed by atoms with Crippen molar-refractivity contribution >= 4 is 11.9 Å². The second-order valence-electron chi connectivity index (χ2n) is 4.53. The van der Waals surface area contributed by atoms with Gasteiger partial charge >= 0.3 is 5.97 Å². The van der Waals surface area contributed by atoms with Gasteiger partial charge in [0.05, 0.1) is 6.61 Å². The van der Waals surface area contributed by atoms with Gasteiger partial charge in [-0.25, -0.2) is 4.79 Å². The molecule has 5 nitrogen and oxygen atoms in total. The summed E-state index contributed by atoms with van der Waals surface area (Å²) in [7, 11) is 0. The number of hydrogen-bond donors (Lipinski definition) is 3. The molecule has 3 N–H and O–H groups in total. The number of benzene rings is 1. The lowest BCUT2D eigenvalue weighted by Crippen LogP contribution is -2.45. The molecular weight excluding hydrogens is 246 g/mol. The number of aliphatic hydroxyl groups excluding tert-OH is 1. The van der Waals surface area contributed by atoms with E-state index in [0.717, 1.165) is 0 Å². The number of hydrogen-bond acceptors (Lipinski definition) is 3. The van der Waals surface area contributed by atoms with Gasteiger partial charge in [0, 0.05) is 5.56 Å². The molecule has 0 saturated carbocycles. The summed E-state index contributed by atoms with van der Waals surface area (Å²) in [5, 5.41) is 20.5. The highest BCUT2D eigenvalue weighted by Crippen LogP contribution is 2.10. The predicted molar refractivity (Wildman–Crippen MR) is 70.7 cm³/mol. The van der Waals surface area contributed by atoms with Gasteiger partial charge in [0.2, 0.25) is 0 Å². The average Bonchev–Trinajstić information content (AvgIpc) is 2.43. The molecule has 19 heavy (non-hydrogen) atoms. The number of carboxylic acid groups (broad SMARTS) is 1. The lowest BCUT2D eigenvalue weighted by atomic mass is 9.99. The Bertz CT molecular complexity index is 441. The zero-order chi connectivity index (χ0) is 14.4. The van der Waals surface area contributed by atoms with Crippen molar-refractivity contribution in [2.75, 3.05) is 0 Å². The average molecular weight is 265 g/mol. The predicted octanol–water partition coefficient (Wildman–Crippen LogP) is 1.41. The maximum atomic E-state index is 11.9. The van der Waals surface area contributed by atoms with Crippen LogP contribution >= 0.6 is 0 Å². The Balaban J connectivity index is 2.78. The van der Waals surface area contributed by atoms with Crippen molar-refractivity contribution in [2.45, 2.75) is 32.9 Å². The highest BCUT2D eigenvalue weighted by molar-refractivity contribution is 5.96. The van der Waals surface area contributed by atoms with Gasteiger partial charge in [-0.05, 0) is 23.6 Å². The van der Waals surface area contributed by atoms with Crippen molar-refractivity contribution in [3.63, 3.8) is 0 Å². The Morgan fingerprint density at radius 2 is 1.84 bits per heavy atom. The highest BCUT2D eigenvalue weighted by Gasteiger charge is 2.25. The van der Waals surface area contributed by atoms with Gasteiger partial charge < -0.3 is 15.5 Å². The van der Waals surface area contributed by atoms with Crippen LogP contribution in [0.2, 0.25) is 0 Å². The number of amides is 1. The Hall–Kier alpha value is -1.88. The number of aliphatic carboxylic acids is 1. The van der Waals surface area contributed by atoms with Crippen molar-refractivity contribution in [3.8, 4) is 0 Å². The summed E-state index contributed by atoms with van der Waals surface area (Å²) >= 11 is 0. The summed E-state index contributed by atoms with van der Waals surface area (Å²) in [4.78, 5) is 23.1. The summed E-state index contributed by atoms with van der Waals surface area (Å²) < 4.78 is 0. The summed E-state index contributed by atoms with van der Waals surface area (Å²) in [6.07, 6.45) is 0.667. The van der Waals surface area contributed by atoms with E-state index in [9.17, 15) is 9.59 Å². The van der Waals surface area contributed by atoms with Gasteiger partial charge in [-0.2, -0.15) is 0 Å². The second kappa shape index (κ2) is 6.89. The van der Waals surface area contributed by atoms with Crippen LogP contribution in [0.3, 0.4) is 0 Å². The maximum Gasteiger partial charge on any atom is 0.326 e. The molecule has 1 aromatic carbocycles. The molecule has 1 aromatic rings. The van der Waals surface area contributed by atoms with E-state index in [2.05, 4.69) is 5.32 Å². The second-order valence-corrected chi connectivity index (χ2v) is 4.53. The molecule has 0 saturated heterocycles. The minimum absolute atomic E-state index is 0.0908. The largest absolute Gasteiger partial charge is 0.480 e. The van der Waals surface area contributed by atoms with Crippen molar-refractivity contribution in [2.24, 2.45) is 5.92 Å². The zero-order valence-electron chi connectivity index (χ0n) is 11.1. The number of nitrogens with one attached hydrogen (secondary N) is 1. The van der Waals surface area contributed by atoms with Gasteiger partial charge in [-0.1, -0.05) is 32.4 Å². The van der Waals surface area contributed by atoms with Crippen LogP contribution in [0, 0.1) is 5.92 Å². The fraction of sp³-hybridized carbons (Fsp3) is 0.429. The molecule has 0 spiro atoms. The Morgan fingerprint density at radius 1 is 1.26 bits per heavy atom. The van der Waals surface area contributed by atoms with Gasteiger partial charge in [0.15, 0.2) is 0 Å². The first kappa shape index (κ1) is 15.2. The first-order valence-electron chi connectivity index (χ1n) is 6.23. The van der Waals surface area contributed by atoms with Crippen LogP contribution < -0.4 is 5.32 Å². The molecule has 0 aliphatic rings. The smallest absolute Gasteiger partial charge is 0.326 e. The van der Waals surface area contributed by atoms with Gasteiger partial charge in [0.25, 0.3) is 5.91 Å². The third-order valence-electron chi connectivity index (χ3n) is 3.16. The fourth-order valence-electron chi connectivity index (χ4n) is 1.67. The minimum atomic E-state index is -1.03. The van der Waals surface area contributed by atoms with Gasteiger partial charge in [-0.3, -0.25) is 4.79 Å². The van der Waals surface area contributed by atoms with E-state index in [4.69, 9.17) is 10.2 Å². The van der Waals surface area contributed by atoms with Crippen LogP contribution in [0.5, 0.6) is 0 Å². The van der Waals surface area contributed by atoms with Gasteiger partial charge in [-0.15, -0.1) is 0 Å². The third-order valence-corrected chi connectivity index (χ3v) is 3.16. The van der Waals surface area contributed by atoms with Crippen LogP contribution in [0.15, 0.2) is 24.3 Å². The molecule has 1 amide bonds.